The zero-order valence-electron chi connectivity index (χ0n) is 8.06. The zero-order chi connectivity index (χ0) is 9.47. The molecule has 1 fully saturated rings. The van der Waals surface area contributed by atoms with Crippen LogP contribution < -0.4 is 0 Å². The van der Waals surface area contributed by atoms with Gasteiger partial charge in [0.05, 0.1) is 0 Å². The van der Waals surface area contributed by atoms with Crippen molar-refractivity contribution in [3.8, 4) is 0 Å². The molecule has 0 aliphatic carbocycles. The molecule has 0 bridgehead atoms. The van der Waals surface area contributed by atoms with Crippen molar-refractivity contribution in [1.82, 2.24) is 14.5 Å². The van der Waals surface area contributed by atoms with Gasteiger partial charge in [-0.2, -0.15) is 0 Å². The predicted molar refractivity (Wildman–Crippen MR) is 49.2 cm³/mol. The summed E-state index contributed by atoms with van der Waals surface area (Å²) in [6.45, 7) is 1.61. The number of β-amino-alcohol motifs (C(OH)–C–C–N with tert-alkyl or cyclic N) is 1. The molecule has 2 heterocycles. The zero-order valence-corrected chi connectivity index (χ0v) is 8.06. The van der Waals surface area contributed by atoms with Crippen LogP contribution in [-0.2, 0) is 12.6 Å². The highest BCUT2D eigenvalue weighted by Gasteiger charge is 2.39. The number of aliphatic hydroxyl groups is 1. The van der Waals surface area contributed by atoms with E-state index in [9.17, 15) is 5.11 Å². The smallest absolute Gasteiger partial charge is 0.141 e. The van der Waals surface area contributed by atoms with Crippen LogP contribution in [0.2, 0.25) is 0 Å². The number of aromatic nitrogens is 2. The van der Waals surface area contributed by atoms with Crippen molar-refractivity contribution in [2.24, 2.45) is 7.05 Å². The van der Waals surface area contributed by atoms with Crippen LogP contribution in [0.15, 0.2) is 12.4 Å². The van der Waals surface area contributed by atoms with E-state index in [1.54, 1.807) is 6.20 Å². The van der Waals surface area contributed by atoms with Gasteiger partial charge in [-0.25, -0.2) is 4.98 Å². The van der Waals surface area contributed by atoms with Gasteiger partial charge in [0.2, 0.25) is 0 Å². The van der Waals surface area contributed by atoms with E-state index in [2.05, 4.69) is 9.88 Å². The largest absolute Gasteiger partial charge is 0.381 e. The number of likely N-dealkylation sites (N-methyl/N-ethyl adjacent to an activating group) is 1. The monoisotopic (exact) mass is 181 g/mol. The Bertz CT molecular complexity index is 310. The van der Waals surface area contributed by atoms with Gasteiger partial charge in [-0.3, -0.25) is 0 Å². The maximum atomic E-state index is 10.3. The molecule has 1 aromatic rings. The maximum Gasteiger partial charge on any atom is 0.141 e. The summed E-state index contributed by atoms with van der Waals surface area (Å²) < 4.78 is 1.89. The molecule has 0 amide bonds. The summed E-state index contributed by atoms with van der Waals surface area (Å²) in [4.78, 5) is 6.31. The number of imidazole rings is 1. The van der Waals surface area contributed by atoms with Gasteiger partial charge >= 0.3 is 0 Å². The van der Waals surface area contributed by atoms with Gasteiger partial charge in [0, 0.05) is 32.5 Å². The van der Waals surface area contributed by atoms with Crippen molar-refractivity contribution in [2.45, 2.75) is 12.0 Å². The third-order valence-electron chi connectivity index (χ3n) is 2.68. The van der Waals surface area contributed by atoms with Gasteiger partial charge in [0.15, 0.2) is 0 Å². The first kappa shape index (κ1) is 8.72. The second-order valence-corrected chi connectivity index (χ2v) is 3.88. The molecule has 1 aliphatic rings. The number of nitrogens with zero attached hydrogens (tertiary/aromatic N) is 3. The Morgan fingerprint density at radius 1 is 1.54 bits per heavy atom. The molecule has 1 N–H and O–H groups in total. The van der Waals surface area contributed by atoms with Crippen LogP contribution in [0.1, 0.15) is 12.2 Å². The Balaban J connectivity index is 2.30. The first-order valence-corrected chi connectivity index (χ1v) is 4.50. The van der Waals surface area contributed by atoms with Crippen LogP contribution in [0.3, 0.4) is 0 Å². The Morgan fingerprint density at radius 3 is 2.77 bits per heavy atom. The Kier molecular flexibility index (Phi) is 1.89. The number of rotatable bonds is 1. The standard InChI is InChI=1S/C9H15N3O/c1-11-5-3-9(13,7-11)8-10-4-6-12(8)2/h4,6,13H,3,5,7H2,1-2H3. The van der Waals surface area contributed by atoms with Gasteiger partial charge in [-0.1, -0.05) is 0 Å². The van der Waals surface area contributed by atoms with E-state index in [1.165, 1.54) is 0 Å². The van der Waals surface area contributed by atoms with Crippen molar-refractivity contribution in [1.29, 1.82) is 0 Å². The first-order chi connectivity index (χ1) is 6.12. The number of hydrogen-bond donors (Lipinski definition) is 1. The van der Waals surface area contributed by atoms with Crippen LogP contribution >= 0.6 is 0 Å². The molecule has 0 saturated carbocycles. The fourth-order valence-corrected chi connectivity index (χ4v) is 1.98. The lowest BCUT2D eigenvalue weighted by Gasteiger charge is -2.21. The molecule has 1 unspecified atom stereocenters. The van der Waals surface area contributed by atoms with Crippen molar-refractivity contribution in [3.05, 3.63) is 18.2 Å². The average Bonchev–Trinajstić information content (AvgIpc) is 2.59. The Hall–Kier alpha value is -0.870. The molecule has 4 nitrogen and oxygen atoms in total. The molecule has 2 rings (SSSR count). The molecule has 1 atom stereocenters. The number of hydrogen-bond acceptors (Lipinski definition) is 3. The fourth-order valence-electron chi connectivity index (χ4n) is 1.98. The Morgan fingerprint density at radius 2 is 2.31 bits per heavy atom. The lowest BCUT2D eigenvalue weighted by molar-refractivity contribution is 0.0370. The maximum absolute atomic E-state index is 10.3. The lowest BCUT2D eigenvalue weighted by Crippen LogP contribution is -2.32. The summed E-state index contributed by atoms with van der Waals surface area (Å²) >= 11 is 0. The van der Waals surface area contributed by atoms with Crippen LogP contribution in [0, 0.1) is 0 Å². The summed E-state index contributed by atoms with van der Waals surface area (Å²) in [6, 6.07) is 0. The Labute approximate surface area is 77.8 Å². The highest BCUT2D eigenvalue weighted by molar-refractivity contribution is 5.08. The third kappa shape index (κ3) is 1.36. The molecule has 1 aromatic heterocycles. The fraction of sp³-hybridized carbons (Fsp3) is 0.667. The van der Waals surface area contributed by atoms with Crippen molar-refractivity contribution in [2.75, 3.05) is 20.1 Å². The minimum Gasteiger partial charge on any atom is -0.381 e. The summed E-state index contributed by atoms with van der Waals surface area (Å²) in [6.07, 6.45) is 4.37. The SMILES string of the molecule is CN1CCC(O)(c2nccn2C)C1. The van der Waals surface area contributed by atoms with Crippen LogP contribution in [0.25, 0.3) is 0 Å². The highest BCUT2D eigenvalue weighted by Crippen LogP contribution is 2.29. The van der Waals surface area contributed by atoms with Crippen molar-refractivity contribution < 1.29 is 5.11 Å². The van der Waals surface area contributed by atoms with Crippen LogP contribution in [0.4, 0.5) is 0 Å². The molecule has 13 heavy (non-hydrogen) atoms. The van der Waals surface area contributed by atoms with Gasteiger partial charge in [-0.15, -0.1) is 0 Å². The summed E-state index contributed by atoms with van der Waals surface area (Å²) in [5.74, 6) is 0.775. The molecule has 72 valence electrons. The minimum atomic E-state index is -0.743. The van der Waals surface area contributed by atoms with Crippen LogP contribution in [0.5, 0.6) is 0 Å². The summed E-state index contributed by atoms with van der Waals surface area (Å²) in [5.41, 5.74) is -0.743. The van der Waals surface area contributed by atoms with Crippen molar-refractivity contribution >= 4 is 0 Å². The molecular formula is C9H15N3O. The van der Waals surface area contributed by atoms with E-state index in [-0.39, 0.29) is 0 Å². The van der Waals surface area contributed by atoms with Gasteiger partial charge in [-0.05, 0) is 13.5 Å². The molecule has 0 aromatic carbocycles. The van der Waals surface area contributed by atoms with E-state index >= 15 is 0 Å². The second-order valence-electron chi connectivity index (χ2n) is 3.88. The first-order valence-electron chi connectivity index (χ1n) is 4.50. The lowest BCUT2D eigenvalue weighted by atomic mass is 10.0. The topological polar surface area (TPSA) is 41.3 Å². The van der Waals surface area contributed by atoms with E-state index in [1.807, 2.05) is 24.9 Å². The summed E-state index contributed by atoms with van der Waals surface area (Å²) in [5, 5.41) is 10.3. The molecule has 4 heteroatoms. The molecule has 0 spiro atoms. The van der Waals surface area contributed by atoms with Gasteiger partial charge < -0.3 is 14.6 Å². The average molecular weight is 181 g/mol. The second kappa shape index (κ2) is 2.82. The molecule has 0 radical (unpaired) electrons. The van der Waals surface area contributed by atoms with Gasteiger partial charge in [0.1, 0.15) is 11.4 Å². The van der Waals surface area contributed by atoms with E-state index < -0.39 is 5.60 Å². The number of aryl methyl sites for hydroxylation is 1. The summed E-state index contributed by atoms with van der Waals surface area (Å²) in [7, 11) is 3.93. The minimum absolute atomic E-state index is 0.678. The third-order valence-corrected chi connectivity index (χ3v) is 2.68. The van der Waals surface area contributed by atoms with Gasteiger partial charge in [0.25, 0.3) is 0 Å². The van der Waals surface area contributed by atoms with Crippen LogP contribution in [-0.4, -0.2) is 39.7 Å². The number of likely N-dealkylation sites (tertiary alicyclic amines) is 1. The van der Waals surface area contributed by atoms with Crippen molar-refractivity contribution in [3.63, 3.8) is 0 Å². The van der Waals surface area contributed by atoms with E-state index in [4.69, 9.17) is 0 Å². The quantitative estimate of drug-likeness (QED) is 0.660. The molecule has 1 aliphatic heterocycles. The molecular weight excluding hydrogens is 166 g/mol. The molecule has 1 saturated heterocycles. The normalized spacial score (nSPS) is 29.8. The van der Waals surface area contributed by atoms with E-state index in [0.29, 0.717) is 6.54 Å². The predicted octanol–water partition coefficient (Wildman–Crippen LogP) is -0.0568. The highest BCUT2D eigenvalue weighted by atomic mass is 16.3. The van der Waals surface area contributed by atoms with E-state index in [0.717, 1.165) is 18.8 Å².